The van der Waals surface area contributed by atoms with Gasteiger partial charge in [0.2, 0.25) is 11.9 Å². The summed E-state index contributed by atoms with van der Waals surface area (Å²) in [5.74, 6) is 1.70. The van der Waals surface area contributed by atoms with Crippen molar-refractivity contribution in [2.75, 3.05) is 24.5 Å². The molecule has 1 aliphatic heterocycles. The zero-order chi connectivity index (χ0) is 18.1. The Kier molecular flexibility index (Phi) is 4.28. The van der Waals surface area contributed by atoms with Gasteiger partial charge in [-0.1, -0.05) is 18.2 Å². The van der Waals surface area contributed by atoms with Crippen molar-refractivity contribution in [3.63, 3.8) is 0 Å². The number of nitrogens with zero attached hydrogens (tertiary/aromatic N) is 5. The van der Waals surface area contributed by atoms with E-state index in [1.807, 2.05) is 23.9 Å². The first-order valence-electron chi connectivity index (χ1n) is 8.91. The molecule has 3 aromatic rings. The lowest BCUT2D eigenvalue weighted by Crippen LogP contribution is -2.38. The minimum Gasteiger partial charge on any atom is -0.356 e. The van der Waals surface area contributed by atoms with Gasteiger partial charge in [-0.25, -0.2) is 0 Å². The zero-order valence-electron chi connectivity index (χ0n) is 15.1. The lowest BCUT2D eigenvalue weighted by molar-refractivity contribution is -0.121. The topological polar surface area (TPSA) is 75.9 Å². The van der Waals surface area contributed by atoms with Crippen LogP contribution in [0.2, 0.25) is 0 Å². The molecular formula is C19H22N6O. The molecule has 1 amide bonds. The van der Waals surface area contributed by atoms with Crippen molar-refractivity contribution in [1.82, 2.24) is 25.1 Å². The van der Waals surface area contributed by atoms with Crippen molar-refractivity contribution < 1.29 is 4.79 Å². The van der Waals surface area contributed by atoms with Gasteiger partial charge >= 0.3 is 0 Å². The number of hydrogen-bond donors (Lipinski definition) is 1. The van der Waals surface area contributed by atoms with Crippen LogP contribution >= 0.6 is 0 Å². The van der Waals surface area contributed by atoms with E-state index in [4.69, 9.17) is 0 Å². The Morgan fingerprint density at radius 2 is 2.04 bits per heavy atom. The van der Waals surface area contributed by atoms with Crippen molar-refractivity contribution in [3.8, 4) is 11.4 Å². The zero-order valence-corrected chi connectivity index (χ0v) is 15.1. The molecule has 2 aromatic heterocycles. The Balaban J connectivity index is 1.74. The average Bonchev–Trinajstić information content (AvgIpc) is 3.01. The van der Waals surface area contributed by atoms with Crippen LogP contribution < -0.4 is 10.2 Å². The molecule has 7 heteroatoms. The fraction of sp³-hybridized carbons (Fsp3) is 0.368. The van der Waals surface area contributed by atoms with Crippen LogP contribution in [-0.4, -0.2) is 45.3 Å². The van der Waals surface area contributed by atoms with Crippen molar-refractivity contribution in [1.29, 1.82) is 0 Å². The van der Waals surface area contributed by atoms with Gasteiger partial charge in [-0.3, -0.25) is 14.3 Å². The van der Waals surface area contributed by atoms with Crippen LogP contribution in [0.5, 0.6) is 0 Å². The van der Waals surface area contributed by atoms with Crippen LogP contribution in [0.25, 0.3) is 22.3 Å². The number of fused-ring (bicyclic) bond motifs is 1. The Morgan fingerprint density at radius 1 is 1.15 bits per heavy atom. The second kappa shape index (κ2) is 6.74. The van der Waals surface area contributed by atoms with Gasteiger partial charge in [0.15, 0.2) is 5.82 Å². The lowest BCUT2D eigenvalue weighted by atomic mass is 10.0. The highest BCUT2D eigenvalue weighted by Gasteiger charge is 2.20. The third kappa shape index (κ3) is 2.89. The average molecular weight is 350 g/mol. The molecule has 0 spiro atoms. The summed E-state index contributed by atoms with van der Waals surface area (Å²) < 4.78 is 2.01. The largest absolute Gasteiger partial charge is 0.356 e. The highest BCUT2D eigenvalue weighted by atomic mass is 16.1. The molecular weight excluding hydrogens is 328 g/mol. The fourth-order valence-electron chi connectivity index (χ4n) is 3.47. The van der Waals surface area contributed by atoms with Crippen molar-refractivity contribution >= 4 is 22.8 Å². The van der Waals surface area contributed by atoms with E-state index in [1.54, 1.807) is 0 Å². The number of aryl methyl sites for hydroxylation is 1. The van der Waals surface area contributed by atoms with Crippen LogP contribution in [0, 0.1) is 6.92 Å². The van der Waals surface area contributed by atoms with Gasteiger partial charge in [0.1, 0.15) is 0 Å². The molecule has 1 aliphatic rings. The first-order valence-corrected chi connectivity index (χ1v) is 8.91. The van der Waals surface area contributed by atoms with Crippen LogP contribution in [0.3, 0.4) is 0 Å². The van der Waals surface area contributed by atoms with E-state index in [2.05, 4.69) is 50.5 Å². The van der Waals surface area contributed by atoms with E-state index >= 15 is 0 Å². The summed E-state index contributed by atoms with van der Waals surface area (Å²) in [6.45, 7) is 4.26. The maximum absolute atomic E-state index is 11.7. The molecule has 7 nitrogen and oxygen atoms in total. The molecule has 0 atom stereocenters. The van der Waals surface area contributed by atoms with E-state index in [9.17, 15) is 4.79 Å². The number of hydrogen-bond acceptors (Lipinski definition) is 5. The molecule has 4 rings (SSSR count). The number of benzene rings is 1. The smallest absolute Gasteiger partial charge is 0.227 e. The predicted molar refractivity (Wildman–Crippen MR) is 101 cm³/mol. The standard InChI is InChI=1S/C19H22N6O/c1-13-6-7-15(14-5-3-9-21-17(13)14)18-22-23-19(24(18)2)25-11-4-10-20-16(26)8-12-25/h3,5-7,9H,4,8,10-12H2,1-2H3,(H,20,26). The third-order valence-electron chi connectivity index (χ3n) is 4.88. The quantitative estimate of drug-likeness (QED) is 0.766. The van der Waals surface area contributed by atoms with Gasteiger partial charge in [0.05, 0.1) is 5.52 Å². The highest BCUT2D eigenvalue weighted by molar-refractivity contribution is 5.94. The van der Waals surface area contributed by atoms with E-state index in [0.717, 1.165) is 46.8 Å². The molecule has 1 saturated heterocycles. The first kappa shape index (κ1) is 16.5. The summed E-state index contributed by atoms with van der Waals surface area (Å²) in [5, 5.41) is 12.9. The van der Waals surface area contributed by atoms with Crippen LogP contribution in [0.1, 0.15) is 18.4 Å². The lowest BCUT2D eigenvalue weighted by Gasteiger charge is -2.25. The minimum absolute atomic E-state index is 0.0905. The van der Waals surface area contributed by atoms with Gasteiger partial charge in [-0.2, -0.15) is 0 Å². The van der Waals surface area contributed by atoms with Crippen LogP contribution in [0.4, 0.5) is 5.95 Å². The molecule has 0 bridgehead atoms. The first-order chi connectivity index (χ1) is 12.6. The Hall–Kier alpha value is -2.96. The van der Waals surface area contributed by atoms with Crippen LogP contribution in [-0.2, 0) is 11.8 Å². The molecule has 3 heterocycles. The normalized spacial score (nSPS) is 15.6. The van der Waals surface area contributed by atoms with Gasteiger partial charge in [-0.15, -0.1) is 10.2 Å². The van der Waals surface area contributed by atoms with Gasteiger partial charge in [0.25, 0.3) is 0 Å². The summed E-state index contributed by atoms with van der Waals surface area (Å²) in [4.78, 5) is 18.4. The summed E-state index contributed by atoms with van der Waals surface area (Å²) in [6.07, 6.45) is 3.18. The minimum atomic E-state index is 0.0905. The molecule has 1 fully saturated rings. The fourth-order valence-corrected chi connectivity index (χ4v) is 3.47. The Labute approximate surface area is 152 Å². The van der Waals surface area contributed by atoms with E-state index in [-0.39, 0.29) is 5.91 Å². The third-order valence-corrected chi connectivity index (χ3v) is 4.88. The monoisotopic (exact) mass is 350 g/mol. The Morgan fingerprint density at radius 3 is 2.92 bits per heavy atom. The molecule has 134 valence electrons. The van der Waals surface area contributed by atoms with Gasteiger partial charge in [-0.05, 0) is 25.0 Å². The van der Waals surface area contributed by atoms with E-state index < -0.39 is 0 Å². The van der Waals surface area contributed by atoms with Crippen molar-refractivity contribution in [3.05, 3.63) is 36.0 Å². The summed E-state index contributed by atoms with van der Waals surface area (Å²) in [7, 11) is 1.98. The molecule has 0 saturated carbocycles. The number of pyridine rings is 1. The molecule has 0 aliphatic carbocycles. The predicted octanol–water partition coefficient (Wildman–Crippen LogP) is 2.06. The second-order valence-electron chi connectivity index (χ2n) is 6.65. The van der Waals surface area contributed by atoms with E-state index in [0.29, 0.717) is 19.5 Å². The highest BCUT2D eigenvalue weighted by Crippen LogP contribution is 2.29. The van der Waals surface area contributed by atoms with Crippen LogP contribution in [0.15, 0.2) is 30.5 Å². The molecule has 26 heavy (non-hydrogen) atoms. The number of aromatic nitrogens is 4. The molecule has 0 unspecified atom stereocenters. The number of nitrogens with one attached hydrogen (secondary N) is 1. The summed E-state index contributed by atoms with van der Waals surface area (Å²) in [6, 6.07) is 8.16. The SMILES string of the molecule is Cc1ccc(-c2nnc(N3CCCNC(=O)CC3)n2C)c2cccnc12. The Bertz CT molecular complexity index is 964. The summed E-state index contributed by atoms with van der Waals surface area (Å²) in [5.41, 5.74) is 3.14. The molecule has 0 radical (unpaired) electrons. The molecule has 1 aromatic carbocycles. The van der Waals surface area contributed by atoms with Crippen molar-refractivity contribution in [2.45, 2.75) is 19.8 Å². The van der Waals surface area contributed by atoms with Crippen molar-refractivity contribution in [2.24, 2.45) is 7.05 Å². The number of carbonyl (C=O) groups is 1. The number of carbonyl (C=O) groups excluding carboxylic acids is 1. The number of anilines is 1. The molecule has 1 N–H and O–H groups in total. The summed E-state index contributed by atoms with van der Waals surface area (Å²) >= 11 is 0. The second-order valence-corrected chi connectivity index (χ2v) is 6.65. The maximum Gasteiger partial charge on any atom is 0.227 e. The number of amides is 1. The maximum atomic E-state index is 11.7. The van der Waals surface area contributed by atoms with Gasteiger partial charge < -0.3 is 10.2 Å². The van der Waals surface area contributed by atoms with Gasteiger partial charge in [0, 0.05) is 50.2 Å². The van der Waals surface area contributed by atoms with E-state index in [1.165, 1.54) is 0 Å². The number of rotatable bonds is 2.